The minimum Gasteiger partial charge on any atom is -0.299 e. The van der Waals surface area contributed by atoms with Crippen LogP contribution in [0.1, 0.15) is 45.4 Å². The summed E-state index contributed by atoms with van der Waals surface area (Å²) in [5.74, 6) is 2.47. The smallest absolute Gasteiger partial charge is 0.136 e. The second-order valence-electron chi connectivity index (χ2n) is 4.57. The quantitative estimate of drug-likeness (QED) is 0.585. The van der Waals surface area contributed by atoms with Gasteiger partial charge in [-0.1, -0.05) is 26.2 Å². The van der Waals surface area contributed by atoms with Crippen LogP contribution in [-0.2, 0) is 4.79 Å². The molecule has 1 nitrogen and oxygen atoms in total. The molecule has 2 atom stereocenters. The lowest BCUT2D eigenvalue weighted by atomic mass is 9.63. The Morgan fingerprint density at radius 3 is 2.33 bits per heavy atom. The highest BCUT2D eigenvalue weighted by atomic mass is 16.1. The van der Waals surface area contributed by atoms with E-state index in [1.165, 1.54) is 32.1 Å². The van der Waals surface area contributed by atoms with Crippen LogP contribution in [0.4, 0.5) is 0 Å². The van der Waals surface area contributed by atoms with Crippen LogP contribution in [0.2, 0.25) is 0 Å². The van der Waals surface area contributed by atoms with E-state index < -0.39 is 0 Å². The van der Waals surface area contributed by atoms with E-state index >= 15 is 0 Å². The summed E-state index contributed by atoms with van der Waals surface area (Å²) in [5, 5.41) is 0. The number of hydrogen-bond donors (Lipinski definition) is 0. The molecular weight excluding hydrogens is 148 g/mol. The average molecular weight is 166 g/mol. The first kappa shape index (κ1) is 8.28. The maximum atomic E-state index is 11.3. The van der Waals surface area contributed by atoms with Gasteiger partial charge in [0.2, 0.25) is 0 Å². The molecule has 0 aromatic rings. The number of hydrogen-bond acceptors (Lipinski definition) is 1. The molecule has 0 saturated heterocycles. The third-order valence-electron chi connectivity index (χ3n) is 3.67. The van der Waals surface area contributed by atoms with Crippen LogP contribution < -0.4 is 0 Å². The van der Waals surface area contributed by atoms with Crippen LogP contribution in [0, 0.1) is 17.8 Å². The van der Waals surface area contributed by atoms with Crippen molar-refractivity contribution in [2.75, 3.05) is 0 Å². The van der Waals surface area contributed by atoms with Crippen molar-refractivity contribution in [2.45, 2.75) is 45.4 Å². The van der Waals surface area contributed by atoms with Gasteiger partial charge in [-0.25, -0.2) is 0 Å². The van der Waals surface area contributed by atoms with Gasteiger partial charge in [-0.05, 0) is 24.7 Å². The molecule has 0 spiro atoms. The van der Waals surface area contributed by atoms with Crippen molar-refractivity contribution >= 4 is 5.78 Å². The first-order valence-corrected chi connectivity index (χ1v) is 5.32. The molecule has 0 radical (unpaired) electrons. The maximum Gasteiger partial charge on any atom is 0.136 e. The van der Waals surface area contributed by atoms with Gasteiger partial charge in [-0.3, -0.25) is 4.79 Å². The summed E-state index contributed by atoms with van der Waals surface area (Å²) in [5.41, 5.74) is 0. The van der Waals surface area contributed by atoms with E-state index in [9.17, 15) is 4.79 Å². The standard InChI is InChI=1S/C11H18O/c1-8-7-10(12)11(8)9-5-3-2-4-6-9/h8-9,11H,2-7H2,1H3/t8-,11-/m0/s1. The van der Waals surface area contributed by atoms with Crippen molar-refractivity contribution in [1.29, 1.82) is 0 Å². The molecule has 0 N–H and O–H groups in total. The van der Waals surface area contributed by atoms with E-state index in [1.54, 1.807) is 0 Å². The van der Waals surface area contributed by atoms with Gasteiger partial charge in [0.15, 0.2) is 0 Å². The van der Waals surface area contributed by atoms with Crippen LogP contribution in [-0.4, -0.2) is 5.78 Å². The molecule has 2 aliphatic carbocycles. The summed E-state index contributed by atoms with van der Waals surface area (Å²) in [6, 6.07) is 0. The molecule has 2 saturated carbocycles. The van der Waals surface area contributed by atoms with Gasteiger partial charge in [-0.15, -0.1) is 0 Å². The summed E-state index contributed by atoms with van der Waals surface area (Å²) >= 11 is 0. The van der Waals surface area contributed by atoms with Gasteiger partial charge < -0.3 is 0 Å². The third kappa shape index (κ3) is 1.30. The number of carbonyl (C=O) groups excluding carboxylic acids is 1. The fraction of sp³-hybridized carbons (Fsp3) is 0.909. The van der Waals surface area contributed by atoms with E-state index in [2.05, 4.69) is 6.92 Å². The minimum atomic E-state index is 0.463. The van der Waals surface area contributed by atoms with E-state index in [0.717, 1.165) is 12.3 Å². The second-order valence-corrected chi connectivity index (χ2v) is 4.57. The third-order valence-corrected chi connectivity index (χ3v) is 3.67. The Morgan fingerprint density at radius 2 is 1.83 bits per heavy atom. The lowest BCUT2D eigenvalue weighted by molar-refractivity contribution is -0.137. The average Bonchev–Trinajstić information content (AvgIpc) is 2.05. The normalized spacial score (nSPS) is 37.9. The monoisotopic (exact) mass is 166 g/mol. The van der Waals surface area contributed by atoms with Gasteiger partial charge in [0.1, 0.15) is 5.78 Å². The van der Waals surface area contributed by atoms with E-state index in [1.807, 2.05) is 0 Å². The zero-order chi connectivity index (χ0) is 8.55. The summed E-state index contributed by atoms with van der Waals surface area (Å²) in [6.45, 7) is 2.24. The molecule has 2 aliphatic rings. The van der Waals surface area contributed by atoms with Crippen LogP contribution in [0.15, 0.2) is 0 Å². The van der Waals surface area contributed by atoms with Crippen molar-refractivity contribution in [3.63, 3.8) is 0 Å². The van der Waals surface area contributed by atoms with Gasteiger partial charge >= 0.3 is 0 Å². The molecule has 0 aliphatic heterocycles. The summed E-state index contributed by atoms with van der Waals surface area (Å²) in [6.07, 6.45) is 7.62. The van der Waals surface area contributed by atoms with Gasteiger partial charge in [0, 0.05) is 12.3 Å². The molecule has 12 heavy (non-hydrogen) atoms. The van der Waals surface area contributed by atoms with Crippen LogP contribution in [0.25, 0.3) is 0 Å². The Balaban J connectivity index is 1.93. The van der Waals surface area contributed by atoms with E-state index in [-0.39, 0.29) is 0 Å². The van der Waals surface area contributed by atoms with Crippen molar-refractivity contribution in [3.8, 4) is 0 Å². The number of Topliss-reactive ketones (excluding diaryl/α,β-unsaturated/α-hetero) is 1. The summed E-state index contributed by atoms with van der Waals surface area (Å²) in [4.78, 5) is 11.3. The number of rotatable bonds is 1. The Bertz CT molecular complexity index is 179. The van der Waals surface area contributed by atoms with Crippen molar-refractivity contribution in [3.05, 3.63) is 0 Å². The molecule has 0 bridgehead atoms. The Kier molecular flexibility index (Phi) is 2.20. The fourth-order valence-corrected chi connectivity index (χ4v) is 2.96. The Labute approximate surface area is 74.5 Å². The van der Waals surface area contributed by atoms with E-state index in [0.29, 0.717) is 17.6 Å². The highest BCUT2D eigenvalue weighted by Gasteiger charge is 2.41. The van der Waals surface area contributed by atoms with Gasteiger partial charge in [0.25, 0.3) is 0 Å². The molecule has 0 heterocycles. The zero-order valence-corrected chi connectivity index (χ0v) is 7.88. The fourth-order valence-electron chi connectivity index (χ4n) is 2.96. The summed E-state index contributed by atoms with van der Waals surface area (Å²) < 4.78 is 0. The lowest BCUT2D eigenvalue weighted by Gasteiger charge is -2.40. The number of carbonyl (C=O) groups is 1. The maximum absolute atomic E-state index is 11.3. The highest BCUT2D eigenvalue weighted by Crippen LogP contribution is 2.42. The SMILES string of the molecule is C[C@H]1CC(=O)[C@@H]1C1CCCCC1. The van der Waals surface area contributed by atoms with E-state index in [4.69, 9.17) is 0 Å². The number of ketones is 1. The molecule has 0 unspecified atom stereocenters. The Hall–Kier alpha value is -0.330. The highest BCUT2D eigenvalue weighted by molar-refractivity contribution is 5.87. The first-order chi connectivity index (χ1) is 5.79. The molecular formula is C11H18O. The molecule has 68 valence electrons. The predicted octanol–water partition coefficient (Wildman–Crippen LogP) is 2.79. The van der Waals surface area contributed by atoms with Crippen molar-refractivity contribution < 1.29 is 4.79 Å². The second kappa shape index (κ2) is 3.20. The minimum absolute atomic E-state index is 0.463. The molecule has 0 aromatic carbocycles. The first-order valence-electron chi connectivity index (χ1n) is 5.32. The van der Waals surface area contributed by atoms with Crippen LogP contribution in [0.3, 0.4) is 0 Å². The van der Waals surface area contributed by atoms with Crippen molar-refractivity contribution in [2.24, 2.45) is 17.8 Å². The summed E-state index contributed by atoms with van der Waals surface area (Å²) in [7, 11) is 0. The molecule has 2 rings (SSSR count). The largest absolute Gasteiger partial charge is 0.299 e. The van der Waals surface area contributed by atoms with Crippen LogP contribution in [0.5, 0.6) is 0 Å². The lowest BCUT2D eigenvalue weighted by Crippen LogP contribution is -2.41. The van der Waals surface area contributed by atoms with Crippen LogP contribution >= 0.6 is 0 Å². The molecule has 2 fully saturated rings. The van der Waals surface area contributed by atoms with Gasteiger partial charge in [0.05, 0.1) is 0 Å². The molecule has 0 amide bonds. The van der Waals surface area contributed by atoms with Gasteiger partial charge in [-0.2, -0.15) is 0 Å². The van der Waals surface area contributed by atoms with Crippen molar-refractivity contribution in [1.82, 2.24) is 0 Å². The molecule has 0 aromatic heterocycles. The zero-order valence-electron chi connectivity index (χ0n) is 7.88. The Morgan fingerprint density at radius 1 is 1.17 bits per heavy atom. The topological polar surface area (TPSA) is 17.1 Å². The predicted molar refractivity (Wildman–Crippen MR) is 48.9 cm³/mol. The molecule has 1 heteroatoms.